The Morgan fingerprint density at radius 2 is 1.93 bits per heavy atom. The Morgan fingerprint density at radius 1 is 1.07 bits per heavy atom. The van der Waals surface area contributed by atoms with Crippen LogP contribution in [0.15, 0.2) is 30.3 Å². The molecule has 3 aliphatic rings. The van der Waals surface area contributed by atoms with Gasteiger partial charge in [0.05, 0.1) is 18.8 Å². The van der Waals surface area contributed by atoms with Crippen molar-refractivity contribution < 1.29 is 4.74 Å². The standard InChI is InChI=1S/C22H28N4O/c1-16-23-19-10-6-5-9-18(19)22(24-16)26-14-20-21(15-26)27-12-11-25(20)13-17-7-3-2-4-8-17/h2-4,7-8,20-21H,5-6,9-15H2,1H3. The molecule has 2 saturated heterocycles. The number of benzene rings is 1. The summed E-state index contributed by atoms with van der Waals surface area (Å²) in [7, 11) is 0. The van der Waals surface area contributed by atoms with Gasteiger partial charge in [0.2, 0.25) is 0 Å². The van der Waals surface area contributed by atoms with Gasteiger partial charge in [-0.25, -0.2) is 9.97 Å². The van der Waals surface area contributed by atoms with Crippen LogP contribution in [0, 0.1) is 6.92 Å². The molecule has 1 aromatic carbocycles. The highest BCUT2D eigenvalue weighted by molar-refractivity contribution is 5.52. The van der Waals surface area contributed by atoms with Crippen molar-refractivity contribution in [1.82, 2.24) is 14.9 Å². The van der Waals surface area contributed by atoms with Crippen molar-refractivity contribution in [3.63, 3.8) is 0 Å². The summed E-state index contributed by atoms with van der Waals surface area (Å²) in [6.07, 6.45) is 5.00. The topological polar surface area (TPSA) is 41.5 Å². The van der Waals surface area contributed by atoms with Crippen molar-refractivity contribution >= 4 is 5.82 Å². The van der Waals surface area contributed by atoms with Crippen LogP contribution < -0.4 is 4.90 Å². The number of anilines is 1. The smallest absolute Gasteiger partial charge is 0.135 e. The zero-order chi connectivity index (χ0) is 18.2. The summed E-state index contributed by atoms with van der Waals surface area (Å²) < 4.78 is 6.17. The lowest BCUT2D eigenvalue weighted by Gasteiger charge is -2.36. The fourth-order valence-corrected chi connectivity index (χ4v) is 4.90. The maximum absolute atomic E-state index is 6.17. The second-order valence-electron chi connectivity index (χ2n) is 8.06. The Kier molecular flexibility index (Phi) is 4.58. The summed E-state index contributed by atoms with van der Waals surface area (Å²) >= 11 is 0. The molecular weight excluding hydrogens is 336 g/mol. The van der Waals surface area contributed by atoms with Gasteiger partial charge in [-0.2, -0.15) is 0 Å². The van der Waals surface area contributed by atoms with E-state index in [1.807, 2.05) is 6.92 Å². The van der Waals surface area contributed by atoms with E-state index in [1.165, 1.54) is 35.5 Å². The normalized spacial score (nSPS) is 25.3. The fourth-order valence-electron chi connectivity index (χ4n) is 4.90. The van der Waals surface area contributed by atoms with E-state index >= 15 is 0 Å². The van der Waals surface area contributed by atoms with Crippen LogP contribution in [0.4, 0.5) is 5.82 Å². The molecule has 2 atom stereocenters. The highest BCUT2D eigenvalue weighted by Gasteiger charge is 2.41. The molecule has 3 heterocycles. The zero-order valence-corrected chi connectivity index (χ0v) is 16.1. The molecule has 2 aliphatic heterocycles. The SMILES string of the molecule is Cc1nc2c(c(N3CC4OCCN(Cc5ccccc5)C4C3)n1)CCCC2. The minimum absolute atomic E-state index is 0.275. The molecule has 1 aliphatic carbocycles. The average Bonchev–Trinajstić information content (AvgIpc) is 3.13. The number of fused-ring (bicyclic) bond motifs is 2. The molecule has 27 heavy (non-hydrogen) atoms. The van der Waals surface area contributed by atoms with Gasteiger partial charge in [-0.1, -0.05) is 30.3 Å². The summed E-state index contributed by atoms with van der Waals surface area (Å²) in [5.74, 6) is 2.08. The maximum atomic E-state index is 6.17. The molecule has 2 unspecified atom stereocenters. The summed E-state index contributed by atoms with van der Waals surface area (Å²) in [5, 5.41) is 0. The number of ether oxygens (including phenoxy) is 1. The first-order valence-corrected chi connectivity index (χ1v) is 10.3. The number of morpholine rings is 1. The minimum Gasteiger partial charge on any atom is -0.373 e. The number of nitrogens with zero attached hydrogens (tertiary/aromatic N) is 4. The molecule has 5 rings (SSSR count). The molecule has 2 aromatic rings. The third-order valence-electron chi connectivity index (χ3n) is 6.22. The van der Waals surface area contributed by atoms with Crippen LogP contribution in [0.1, 0.15) is 35.5 Å². The van der Waals surface area contributed by atoms with Gasteiger partial charge in [0, 0.05) is 37.4 Å². The third-order valence-corrected chi connectivity index (χ3v) is 6.22. The van der Waals surface area contributed by atoms with E-state index < -0.39 is 0 Å². The minimum atomic E-state index is 0.275. The summed E-state index contributed by atoms with van der Waals surface area (Å²) in [6.45, 7) is 6.80. The van der Waals surface area contributed by atoms with Crippen molar-refractivity contribution in [2.75, 3.05) is 31.1 Å². The predicted molar refractivity (Wildman–Crippen MR) is 106 cm³/mol. The highest BCUT2D eigenvalue weighted by Crippen LogP contribution is 2.33. The number of rotatable bonds is 3. The zero-order valence-electron chi connectivity index (χ0n) is 16.1. The summed E-state index contributed by atoms with van der Waals surface area (Å²) in [5.41, 5.74) is 4.05. The van der Waals surface area contributed by atoms with Gasteiger partial charge < -0.3 is 9.64 Å². The highest BCUT2D eigenvalue weighted by atomic mass is 16.5. The molecule has 5 nitrogen and oxygen atoms in total. The first-order valence-electron chi connectivity index (χ1n) is 10.3. The number of hydrogen-bond acceptors (Lipinski definition) is 5. The van der Waals surface area contributed by atoms with Gasteiger partial charge in [-0.3, -0.25) is 4.90 Å². The average molecular weight is 364 g/mol. The molecule has 0 saturated carbocycles. The summed E-state index contributed by atoms with van der Waals surface area (Å²) in [6, 6.07) is 11.2. The largest absolute Gasteiger partial charge is 0.373 e. The molecule has 5 heteroatoms. The van der Waals surface area contributed by atoms with Crippen molar-refractivity contribution in [2.24, 2.45) is 0 Å². The molecular formula is C22H28N4O. The van der Waals surface area contributed by atoms with E-state index in [1.54, 1.807) is 0 Å². The first-order chi connectivity index (χ1) is 13.3. The first kappa shape index (κ1) is 17.1. The molecule has 0 spiro atoms. The second-order valence-corrected chi connectivity index (χ2v) is 8.06. The van der Waals surface area contributed by atoms with Crippen molar-refractivity contribution in [3.05, 3.63) is 53.0 Å². The van der Waals surface area contributed by atoms with Crippen molar-refractivity contribution in [2.45, 2.75) is 51.3 Å². The lowest BCUT2D eigenvalue weighted by molar-refractivity contribution is -0.0499. The van der Waals surface area contributed by atoms with Crippen LogP contribution in [-0.4, -0.2) is 53.3 Å². The van der Waals surface area contributed by atoms with Crippen LogP contribution in [0.5, 0.6) is 0 Å². The number of hydrogen-bond donors (Lipinski definition) is 0. The Balaban J connectivity index is 1.39. The molecule has 142 valence electrons. The van der Waals surface area contributed by atoms with Crippen LogP contribution in [0.3, 0.4) is 0 Å². The Labute approximate surface area is 161 Å². The Morgan fingerprint density at radius 3 is 2.81 bits per heavy atom. The second kappa shape index (κ2) is 7.21. The van der Waals surface area contributed by atoms with Gasteiger partial charge in [0.1, 0.15) is 11.6 Å². The van der Waals surface area contributed by atoms with Crippen LogP contribution in [0.25, 0.3) is 0 Å². The van der Waals surface area contributed by atoms with Gasteiger partial charge in [-0.05, 0) is 38.2 Å². The van der Waals surface area contributed by atoms with E-state index in [9.17, 15) is 0 Å². The Hall–Kier alpha value is -1.98. The van der Waals surface area contributed by atoms with Gasteiger partial charge in [-0.15, -0.1) is 0 Å². The summed E-state index contributed by atoms with van der Waals surface area (Å²) in [4.78, 5) is 14.7. The Bertz CT molecular complexity index is 809. The third kappa shape index (κ3) is 3.34. The van der Waals surface area contributed by atoms with Gasteiger partial charge in [0.15, 0.2) is 0 Å². The number of aryl methyl sites for hydroxylation is 2. The monoisotopic (exact) mass is 364 g/mol. The van der Waals surface area contributed by atoms with Crippen LogP contribution in [0.2, 0.25) is 0 Å². The van der Waals surface area contributed by atoms with Crippen molar-refractivity contribution in [1.29, 1.82) is 0 Å². The molecule has 0 amide bonds. The molecule has 0 N–H and O–H groups in total. The molecule has 0 bridgehead atoms. The van der Waals surface area contributed by atoms with Gasteiger partial charge >= 0.3 is 0 Å². The van der Waals surface area contributed by atoms with Gasteiger partial charge in [0.25, 0.3) is 0 Å². The fraction of sp³-hybridized carbons (Fsp3) is 0.545. The van der Waals surface area contributed by atoms with Crippen LogP contribution in [-0.2, 0) is 24.1 Å². The lowest BCUT2D eigenvalue weighted by Crippen LogP contribution is -2.50. The molecule has 2 fully saturated rings. The lowest BCUT2D eigenvalue weighted by atomic mass is 9.96. The number of aromatic nitrogens is 2. The molecule has 1 aromatic heterocycles. The van der Waals surface area contributed by atoms with E-state index in [0.717, 1.165) is 51.5 Å². The molecule has 0 radical (unpaired) electrons. The maximum Gasteiger partial charge on any atom is 0.135 e. The van der Waals surface area contributed by atoms with E-state index in [2.05, 4.69) is 40.1 Å². The van der Waals surface area contributed by atoms with E-state index in [0.29, 0.717) is 6.04 Å². The van der Waals surface area contributed by atoms with E-state index in [-0.39, 0.29) is 6.10 Å². The van der Waals surface area contributed by atoms with Crippen LogP contribution >= 0.6 is 0 Å². The van der Waals surface area contributed by atoms with E-state index in [4.69, 9.17) is 14.7 Å². The predicted octanol–water partition coefficient (Wildman–Crippen LogP) is 2.75. The quantitative estimate of drug-likeness (QED) is 0.838. The van der Waals surface area contributed by atoms with Crippen molar-refractivity contribution in [3.8, 4) is 0 Å².